The van der Waals surface area contributed by atoms with Crippen LogP contribution >= 0.6 is 0 Å². The number of aromatic nitrogens is 2. The molecular formula is C17H27N3O2. The van der Waals surface area contributed by atoms with E-state index >= 15 is 0 Å². The number of likely N-dealkylation sites (tertiary alicyclic amines) is 1. The van der Waals surface area contributed by atoms with Crippen LogP contribution in [0.1, 0.15) is 74.0 Å². The standard InChI is InChI=1S/C17H27N3O2/c1-12(21)14-8-5-9-20(11-14)17(22)16-10-15(18-19-16)13-6-3-2-4-7-13/h10,12-14,21H,2-9,11H2,1H3,(H,18,19). The molecule has 3 rings (SSSR count). The van der Waals surface area contributed by atoms with Crippen LogP contribution in [0.25, 0.3) is 0 Å². The highest BCUT2D eigenvalue weighted by molar-refractivity contribution is 5.92. The number of hydrogen-bond donors (Lipinski definition) is 2. The minimum atomic E-state index is -0.354. The van der Waals surface area contributed by atoms with Crippen LogP contribution in [0.2, 0.25) is 0 Å². The summed E-state index contributed by atoms with van der Waals surface area (Å²) in [6, 6.07) is 1.95. The van der Waals surface area contributed by atoms with E-state index in [1.807, 2.05) is 17.9 Å². The first-order valence-electron chi connectivity index (χ1n) is 8.68. The van der Waals surface area contributed by atoms with Crippen molar-refractivity contribution in [1.29, 1.82) is 0 Å². The van der Waals surface area contributed by atoms with E-state index in [1.54, 1.807) is 0 Å². The highest BCUT2D eigenvalue weighted by Gasteiger charge is 2.28. The number of rotatable bonds is 3. The summed E-state index contributed by atoms with van der Waals surface area (Å²) in [6.45, 7) is 3.23. The second-order valence-corrected chi connectivity index (χ2v) is 6.94. The number of hydrogen-bond acceptors (Lipinski definition) is 3. The van der Waals surface area contributed by atoms with E-state index in [4.69, 9.17) is 0 Å². The summed E-state index contributed by atoms with van der Waals surface area (Å²) in [5, 5.41) is 17.1. The first kappa shape index (κ1) is 15.5. The molecule has 1 aromatic heterocycles. The summed E-state index contributed by atoms with van der Waals surface area (Å²) >= 11 is 0. The number of amides is 1. The van der Waals surface area contributed by atoms with Crippen molar-refractivity contribution < 1.29 is 9.90 Å². The number of H-pyrrole nitrogens is 1. The number of aliphatic hydroxyl groups excluding tert-OH is 1. The first-order valence-corrected chi connectivity index (χ1v) is 8.68. The smallest absolute Gasteiger partial charge is 0.274 e. The Morgan fingerprint density at radius 3 is 2.82 bits per heavy atom. The fourth-order valence-electron chi connectivity index (χ4n) is 3.82. The Hall–Kier alpha value is -1.36. The summed E-state index contributed by atoms with van der Waals surface area (Å²) in [7, 11) is 0. The van der Waals surface area contributed by atoms with Crippen molar-refractivity contribution in [3.63, 3.8) is 0 Å². The second-order valence-electron chi connectivity index (χ2n) is 6.94. The Kier molecular flexibility index (Phi) is 4.81. The zero-order valence-electron chi connectivity index (χ0n) is 13.4. The lowest BCUT2D eigenvalue weighted by Crippen LogP contribution is -2.43. The molecule has 0 radical (unpaired) electrons. The van der Waals surface area contributed by atoms with Crippen molar-refractivity contribution in [2.45, 2.75) is 63.9 Å². The Bertz CT molecular complexity index is 506. The van der Waals surface area contributed by atoms with Crippen molar-refractivity contribution >= 4 is 5.91 Å². The summed E-state index contributed by atoms with van der Waals surface area (Å²) in [5.41, 5.74) is 1.65. The zero-order valence-corrected chi connectivity index (χ0v) is 13.4. The minimum Gasteiger partial charge on any atom is -0.393 e. The average molecular weight is 305 g/mol. The van der Waals surface area contributed by atoms with Crippen LogP contribution in [0.5, 0.6) is 0 Å². The number of carbonyl (C=O) groups excluding carboxylic acids is 1. The van der Waals surface area contributed by atoms with E-state index < -0.39 is 0 Å². The van der Waals surface area contributed by atoms with Crippen LogP contribution in [0.15, 0.2) is 6.07 Å². The van der Waals surface area contributed by atoms with Gasteiger partial charge in [0.1, 0.15) is 5.69 Å². The van der Waals surface area contributed by atoms with Gasteiger partial charge in [-0.15, -0.1) is 0 Å². The molecule has 22 heavy (non-hydrogen) atoms. The average Bonchev–Trinajstić information content (AvgIpc) is 3.05. The molecule has 0 bridgehead atoms. The minimum absolute atomic E-state index is 0.00339. The maximum atomic E-state index is 12.6. The largest absolute Gasteiger partial charge is 0.393 e. The lowest BCUT2D eigenvalue weighted by atomic mass is 9.87. The molecule has 2 atom stereocenters. The normalized spacial score (nSPS) is 25.2. The number of piperidine rings is 1. The van der Waals surface area contributed by atoms with Crippen molar-refractivity contribution in [3.05, 3.63) is 17.5 Å². The van der Waals surface area contributed by atoms with Gasteiger partial charge in [0.25, 0.3) is 5.91 Å². The fourth-order valence-corrected chi connectivity index (χ4v) is 3.82. The molecule has 2 aliphatic rings. The molecule has 1 amide bonds. The van der Waals surface area contributed by atoms with Gasteiger partial charge >= 0.3 is 0 Å². The highest BCUT2D eigenvalue weighted by Crippen LogP contribution is 2.32. The third kappa shape index (κ3) is 3.35. The van der Waals surface area contributed by atoms with Crippen molar-refractivity contribution in [1.82, 2.24) is 15.1 Å². The lowest BCUT2D eigenvalue weighted by molar-refractivity contribution is 0.0461. The number of carbonyl (C=O) groups is 1. The molecule has 1 aromatic rings. The van der Waals surface area contributed by atoms with Gasteiger partial charge in [0, 0.05) is 30.6 Å². The first-order chi connectivity index (χ1) is 10.6. The SMILES string of the molecule is CC(O)C1CCCN(C(=O)c2cc(C3CCCCC3)[nH]n2)C1. The second kappa shape index (κ2) is 6.82. The van der Waals surface area contributed by atoms with Gasteiger partial charge in [-0.05, 0) is 38.7 Å². The Labute approximate surface area is 132 Å². The Morgan fingerprint density at radius 1 is 1.32 bits per heavy atom. The van der Waals surface area contributed by atoms with Crippen molar-refractivity contribution in [2.24, 2.45) is 5.92 Å². The Morgan fingerprint density at radius 2 is 2.09 bits per heavy atom. The van der Waals surface area contributed by atoms with E-state index in [-0.39, 0.29) is 17.9 Å². The molecule has 122 valence electrons. The zero-order chi connectivity index (χ0) is 15.5. The molecule has 1 saturated heterocycles. The van der Waals surface area contributed by atoms with Crippen LogP contribution in [0, 0.1) is 5.92 Å². The number of nitrogens with zero attached hydrogens (tertiary/aromatic N) is 2. The molecule has 1 aliphatic carbocycles. The summed E-state index contributed by atoms with van der Waals surface area (Å²) in [5.74, 6) is 0.729. The third-order valence-corrected chi connectivity index (χ3v) is 5.29. The molecule has 2 N–H and O–H groups in total. The summed E-state index contributed by atoms with van der Waals surface area (Å²) in [4.78, 5) is 14.5. The van der Waals surface area contributed by atoms with Gasteiger partial charge in [-0.2, -0.15) is 5.10 Å². The molecule has 2 fully saturated rings. The summed E-state index contributed by atoms with van der Waals surface area (Å²) in [6.07, 6.45) is 7.87. The van der Waals surface area contributed by atoms with E-state index in [9.17, 15) is 9.90 Å². The predicted molar refractivity (Wildman–Crippen MR) is 84.7 cm³/mol. The van der Waals surface area contributed by atoms with Gasteiger partial charge in [-0.25, -0.2) is 0 Å². The lowest BCUT2D eigenvalue weighted by Gasteiger charge is -2.33. The van der Waals surface area contributed by atoms with Gasteiger partial charge in [0.05, 0.1) is 6.10 Å². The van der Waals surface area contributed by atoms with E-state index in [0.29, 0.717) is 18.2 Å². The van der Waals surface area contributed by atoms with Gasteiger partial charge in [0.2, 0.25) is 0 Å². The summed E-state index contributed by atoms with van der Waals surface area (Å²) < 4.78 is 0. The van der Waals surface area contributed by atoms with Gasteiger partial charge in [0.15, 0.2) is 0 Å². The van der Waals surface area contributed by atoms with Crippen LogP contribution < -0.4 is 0 Å². The molecule has 2 heterocycles. The van der Waals surface area contributed by atoms with E-state index in [1.165, 1.54) is 32.1 Å². The van der Waals surface area contributed by atoms with Gasteiger partial charge in [-0.3, -0.25) is 9.89 Å². The maximum Gasteiger partial charge on any atom is 0.274 e. The van der Waals surface area contributed by atoms with E-state index in [0.717, 1.165) is 25.1 Å². The monoisotopic (exact) mass is 305 g/mol. The van der Waals surface area contributed by atoms with Crippen molar-refractivity contribution in [2.75, 3.05) is 13.1 Å². The van der Waals surface area contributed by atoms with Crippen LogP contribution in [-0.2, 0) is 0 Å². The molecule has 1 aliphatic heterocycles. The quantitative estimate of drug-likeness (QED) is 0.902. The molecule has 5 nitrogen and oxygen atoms in total. The maximum absolute atomic E-state index is 12.6. The predicted octanol–water partition coefficient (Wildman–Crippen LogP) is 2.69. The Balaban J connectivity index is 1.66. The molecule has 5 heteroatoms. The van der Waals surface area contributed by atoms with Gasteiger partial charge < -0.3 is 10.0 Å². The van der Waals surface area contributed by atoms with Crippen LogP contribution in [0.3, 0.4) is 0 Å². The number of aromatic amines is 1. The van der Waals surface area contributed by atoms with Gasteiger partial charge in [-0.1, -0.05) is 19.3 Å². The molecule has 1 saturated carbocycles. The van der Waals surface area contributed by atoms with Crippen molar-refractivity contribution in [3.8, 4) is 0 Å². The molecule has 0 spiro atoms. The fraction of sp³-hybridized carbons (Fsp3) is 0.765. The number of nitrogens with one attached hydrogen (secondary N) is 1. The molecule has 2 unspecified atom stereocenters. The number of aliphatic hydroxyl groups is 1. The van der Waals surface area contributed by atoms with Crippen LogP contribution in [0.4, 0.5) is 0 Å². The van der Waals surface area contributed by atoms with E-state index in [2.05, 4.69) is 10.2 Å². The topological polar surface area (TPSA) is 69.2 Å². The third-order valence-electron chi connectivity index (χ3n) is 5.29. The highest BCUT2D eigenvalue weighted by atomic mass is 16.3. The van der Waals surface area contributed by atoms with Crippen LogP contribution in [-0.4, -0.2) is 45.3 Å². The molecular weight excluding hydrogens is 278 g/mol. The molecule has 0 aromatic carbocycles.